The van der Waals surface area contributed by atoms with E-state index in [-0.39, 0.29) is 0 Å². The van der Waals surface area contributed by atoms with Crippen LogP contribution in [-0.2, 0) is 24.4 Å². The van der Waals surface area contributed by atoms with E-state index >= 15 is 0 Å². The van der Waals surface area contributed by atoms with Crippen molar-refractivity contribution in [3.8, 4) is 0 Å². The summed E-state index contributed by atoms with van der Waals surface area (Å²) < 4.78 is 9.04. The van der Waals surface area contributed by atoms with E-state index in [0.29, 0.717) is 29.8 Å². The molecule has 0 radical (unpaired) electrons. The summed E-state index contributed by atoms with van der Waals surface area (Å²) in [5, 5.41) is 9.85. The van der Waals surface area contributed by atoms with Crippen LogP contribution in [0, 0.1) is 0 Å². The summed E-state index contributed by atoms with van der Waals surface area (Å²) in [5.41, 5.74) is 10.4. The van der Waals surface area contributed by atoms with Gasteiger partial charge in [-0.05, 0) is 17.2 Å². The molecule has 146 valence electrons. The van der Waals surface area contributed by atoms with Gasteiger partial charge in [0.25, 0.3) is 0 Å². The lowest BCUT2D eigenvalue weighted by molar-refractivity contribution is 0.268. The third-order valence-electron chi connectivity index (χ3n) is 5.56. The summed E-state index contributed by atoms with van der Waals surface area (Å²) in [6, 6.07) is 8.59. The van der Waals surface area contributed by atoms with Crippen LogP contribution in [0.1, 0.15) is 23.4 Å². The molecule has 0 amide bonds. The van der Waals surface area contributed by atoms with Gasteiger partial charge in [0.1, 0.15) is 0 Å². The first-order valence-corrected chi connectivity index (χ1v) is 9.76. The number of nitrogens with zero attached hydrogens (tertiary/aromatic N) is 7. The molecule has 0 unspecified atom stereocenters. The minimum absolute atomic E-state index is 0.292. The van der Waals surface area contributed by atoms with Gasteiger partial charge < -0.3 is 10.5 Å². The van der Waals surface area contributed by atoms with E-state index in [2.05, 4.69) is 49.3 Å². The van der Waals surface area contributed by atoms with Gasteiger partial charge in [0, 0.05) is 26.1 Å². The van der Waals surface area contributed by atoms with E-state index in [0.717, 1.165) is 43.6 Å². The number of anilines is 1. The molecule has 29 heavy (non-hydrogen) atoms. The summed E-state index contributed by atoms with van der Waals surface area (Å²) in [4.78, 5) is 11.6. The maximum absolute atomic E-state index is 6.18. The summed E-state index contributed by atoms with van der Waals surface area (Å²) in [5.74, 6) is 1.52. The van der Waals surface area contributed by atoms with Crippen molar-refractivity contribution in [3.05, 3.63) is 53.5 Å². The smallest absolute Gasteiger partial charge is 0.225 e. The molecule has 0 saturated heterocycles. The number of aromatic nitrogens is 6. The molecule has 6 rings (SSSR count). The Morgan fingerprint density at radius 3 is 2.62 bits per heavy atom. The summed E-state index contributed by atoms with van der Waals surface area (Å²) in [6.07, 6.45) is 4.65. The first kappa shape index (κ1) is 16.5. The minimum Gasteiger partial charge on any atom is -0.490 e. The molecule has 0 aliphatic carbocycles. The lowest BCUT2D eigenvalue weighted by Gasteiger charge is -2.14. The number of hydrogen-bond acceptors (Lipinski definition) is 7. The molecule has 9 heteroatoms. The topological polar surface area (TPSA) is 99.4 Å². The molecule has 3 aromatic heterocycles. The fourth-order valence-electron chi connectivity index (χ4n) is 4.10. The molecule has 2 N–H and O–H groups in total. The lowest BCUT2D eigenvalue weighted by Crippen LogP contribution is -2.22. The highest BCUT2D eigenvalue weighted by atomic mass is 16.5. The molecule has 0 spiro atoms. The normalized spacial score (nSPS) is 16.5. The Morgan fingerprint density at radius 2 is 1.86 bits per heavy atom. The van der Waals surface area contributed by atoms with Crippen LogP contribution >= 0.6 is 0 Å². The second-order valence-corrected chi connectivity index (χ2v) is 7.43. The molecule has 2 aliphatic heterocycles. The van der Waals surface area contributed by atoms with E-state index in [4.69, 9.17) is 10.5 Å². The minimum atomic E-state index is 0.292. The average molecular weight is 388 g/mol. The van der Waals surface area contributed by atoms with Crippen molar-refractivity contribution >= 4 is 28.4 Å². The maximum Gasteiger partial charge on any atom is 0.225 e. The van der Waals surface area contributed by atoms with Crippen molar-refractivity contribution in [1.29, 1.82) is 0 Å². The molecular weight excluding hydrogens is 368 g/mol. The SMILES string of the molecule is Nc1nc2c(cnn2CCN2Cc3ccccc3C2)c2nc(C3=CCCO3)nn12. The largest absolute Gasteiger partial charge is 0.490 e. The van der Waals surface area contributed by atoms with Crippen LogP contribution in [0.25, 0.3) is 22.4 Å². The highest BCUT2D eigenvalue weighted by Gasteiger charge is 2.21. The lowest BCUT2D eigenvalue weighted by atomic mass is 10.1. The Bertz CT molecular complexity index is 1250. The van der Waals surface area contributed by atoms with Crippen LogP contribution in [0.5, 0.6) is 0 Å². The van der Waals surface area contributed by atoms with Crippen molar-refractivity contribution < 1.29 is 4.74 Å². The van der Waals surface area contributed by atoms with Gasteiger partial charge in [0.05, 0.1) is 24.7 Å². The van der Waals surface area contributed by atoms with Gasteiger partial charge in [-0.2, -0.15) is 14.6 Å². The highest BCUT2D eigenvalue weighted by molar-refractivity contribution is 5.90. The second-order valence-electron chi connectivity index (χ2n) is 7.43. The Hall–Kier alpha value is -3.46. The zero-order chi connectivity index (χ0) is 19.4. The molecule has 0 fully saturated rings. The standard InChI is InChI=1S/C20H20N8O/c21-20-24-18-15(19-23-17(25-28(19)20)16-6-3-9-29-16)10-22-27(18)8-7-26-11-13-4-1-2-5-14(13)12-26/h1-2,4-6,10H,3,7-9,11-12H2,(H2,21,24). The number of nitrogen functional groups attached to an aromatic ring is 1. The fourth-order valence-corrected chi connectivity index (χ4v) is 4.10. The van der Waals surface area contributed by atoms with Crippen molar-refractivity contribution in [2.24, 2.45) is 0 Å². The van der Waals surface area contributed by atoms with E-state index < -0.39 is 0 Å². The van der Waals surface area contributed by atoms with E-state index in [1.54, 1.807) is 10.7 Å². The van der Waals surface area contributed by atoms with Crippen LogP contribution in [0.15, 0.2) is 36.5 Å². The van der Waals surface area contributed by atoms with Gasteiger partial charge in [0.15, 0.2) is 17.1 Å². The zero-order valence-corrected chi connectivity index (χ0v) is 15.8. The quantitative estimate of drug-likeness (QED) is 0.569. The van der Waals surface area contributed by atoms with Crippen LogP contribution in [-0.4, -0.2) is 47.4 Å². The monoisotopic (exact) mass is 388 g/mol. The van der Waals surface area contributed by atoms with E-state index in [1.807, 2.05) is 10.8 Å². The Labute approximate surface area is 166 Å². The van der Waals surface area contributed by atoms with Crippen LogP contribution < -0.4 is 5.73 Å². The molecule has 4 aromatic rings. The second kappa shape index (κ2) is 6.28. The van der Waals surface area contributed by atoms with E-state index in [9.17, 15) is 0 Å². The maximum atomic E-state index is 6.18. The molecule has 0 saturated carbocycles. The molecule has 0 atom stereocenters. The Balaban J connectivity index is 1.30. The van der Waals surface area contributed by atoms with Crippen LogP contribution in [0.4, 0.5) is 5.95 Å². The molecule has 5 heterocycles. The van der Waals surface area contributed by atoms with Gasteiger partial charge in [-0.15, -0.1) is 5.10 Å². The van der Waals surface area contributed by atoms with Gasteiger partial charge in [-0.3, -0.25) is 4.90 Å². The predicted molar refractivity (Wildman–Crippen MR) is 108 cm³/mol. The van der Waals surface area contributed by atoms with Crippen molar-refractivity contribution in [1.82, 2.24) is 34.3 Å². The van der Waals surface area contributed by atoms with Gasteiger partial charge >= 0.3 is 0 Å². The summed E-state index contributed by atoms with van der Waals surface area (Å²) in [7, 11) is 0. The number of benzene rings is 1. The number of hydrogen-bond donors (Lipinski definition) is 1. The zero-order valence-electron chi connectivity index (χ0n) is 15.8. The first-order valence-electron chi connectivity index (χ1n) is 9.76. The fraction of sp³-hybridized carbons (Fsp3) is 0.300. The summed E-state index contributed by atoms with van der Waals surface area (Å²) >= 11 is 0. The highest BCUT2D eigenvalue weighted by Crippen LogP contribution is 2.25. The van der Waals surface area contributed by atoms with Crippen molar-refractivity contribution in [2.45, 2.75) is 26.1 Å². The predicted octanol–water partition coefficient (Wildman–Crippen LogP) is 1.83. The summed E-state index contributed by atoms with van der Waals surface area (Å²) in [6.45, 7) is 4.22. The number of rotatable bonds is 4. The average Bonchev–Trinajstić information content (AvgIpc) is 3.50. The molecular formula is C20H20N8O. The van der Waals surface area contributed by atoms with Gasteiger partial charge in [0.2, 0.25) is 11.8 Å². The van der Waals surface area contributed by atoms with Gasteiger partial charge in [-0.1, -0.05) is 24.3 Å². The number of ether oxygens (including phenoxy) is 1. The first-order chi connectivity index (χ1) is 14.3. The third kappa shape index (κ3) is 2.65. The Kier molecular flexibility index (Phi) is 3.57. The van der Waals surface area contributed by atoms with Gasteiger partial charge in [-0.25, -0.2) is 9.67 Å². The van der Waals surface area contributed by atoms with Crippen LogP contribution in [0.3, 0.4) is 0 Å². The van der Waals surface area contributed by atoms with E-state index in [1.165, 1.54) is 11.1 Å². The molecule has 0 bridgehead atoms. The number of nitrogens with two attached hydrogens (primary N) is 1. The Morgan fingerprint density at radius 1 is 1.03 bits per heavy atom. The third-order valence-corrected chi connectivity index (χ3v) is 5.56. The molecule has 2 aliphatic rings. The molecule has 9 nitrogen and oxygen atoms in total. The van der Waals surface area contributed by atoms with Crippen molar-refractivity contribution in [2.75, 3.05) is 18.9 Å². The van der Waals surface area contributed by atoms with Crippen molar-refractivity contribution in [3.63, 3.8) is 0 Å². The van der Waals surface area contributed by atoms with Crippen LogP contribution in [0.2, 0.25) is 0 Å². The molecule has 1 aromatic carbocycles. The number of fused-ring (bicyclic) bond motifs is 4.